The summed E-state index contributed by atoms with van der Waals surface area (Å²) < 4.78 is 0. The summed E-state index contributed by atoms with van der Waals surface area (Å²) in [6, 6.07) is 9.08. The standard InChI is InChI=1S/C27H35N3O3/c1-19-5-8-23(31)16-24(19)26-9-13-29(25(32)22-4-3-12-28-17-22)15-11-27(26,33)20(2)30(14-10-26)18-21-6-7-21/h3-5,8,12,16-17,20-21,31,33H,6-7,9-11,13-15,18H2,1-2H3. The van der Waals surface area contributed by atoms with Crippen LogP contribution in [-0.2, 0) is 5.41 Å². The minimum atomic E-state index is -0.997. The average molecular weight is 450 g/mol. The van der Waals surface area contributed by atoms with Gasteiger partial charge in [0.1, 0.15) is 5.75 Å². The number of pyridine rings is 1. The third-order valence-electron chi connectivity index (χ3n) is 8.59. The molecule has 3 atom stereocenters. The first kappa shape index (κ1) is 22.4. The fourth-order valence-electron chi connectivity index (χ4n) is 6.36. The van der Waals surface area contributed by atoms with Crippen LogP contribution in [0, 0.1) is 12.8 Å². The third-order valence-corrected chi connectivity index (χ3v) is 8.59. The molecule has 0 radical (unpaired) electrons. The number of hydrogen-bond acceptors (Lipinski definition) is 5. The van der Waals surface area contributed by atoms with Gasteiger partial charge in [-0.1, -0.05) is 6.07 Å². The SMILES string of the molecule is Cc1ccc(O)cc1C12CCN(C(=O)c3cccnc3)CCC1(O)C(C)N(CC1CC1)CC2. The zero-order chi connectivity index (χ0) is 23.2. The summed E-state index contributed by atoms with van der Waals surface area (Å²) >= 11 is 0. The molecule has 2 aliphatic heterocycles. The smallest absolute Gasteiger partial charge is 0.255 e. The summed E-state index contributed by atoms with van der Waals surface area (Å²) in [6.45, 7) is 7.26. The number of aliphatic hydroxyl groups is 1. The van der Waals surface area contributed by atoms with Crippen molar-refractivity contribution in [2.75, 3.05) is 26.2 Å². The molecule has 1 saturated carbocycles. The first-order chi connectivity index (χ1) is 15.8. The van der Waals surface area contributed by atoms with Crippen molar-refractivity contribution >= 4 is 5.91 Å². The number of amides is 1. The molecule has 3 heterocycles. The zero-order valence-corrected chi connectivity index (χ0v) is 19.7. The second-order valence-corrected chi connectivity index (χ2v) is 10.4. The Morgan fingerprint density at radius 2 is 1.91 bits per heavy atom. The number of carbonyl (C=O) groups is 1. The number of phenols is 1. The Morgan fingerprint density at radius 3 is 2.64 bits per heavy atom. The number of carbonyl (C=O) groups excluding carboxylic acids is 1. The van der Waals surface area contributed by atoms with Crippen molar-refractivity contribution in [2.24, 2.45) is 5.92 Å². The van der Waals surface area contributed by atoms with Gasteiger partial charge in [0.15, 0.2) is 0 Å². The zero-order valence-electron chi connectivity index (χ0n) is 19.7. The Hall–Kier alpha value is -2.44. The molecule has 2 saturated heterocycles. The average Bonchev–Trinajstić information content (AvgIpc) is 3.65. The largest absolute Gasteiger partial charge is 0.508 e. The molecule has 1 aromatic carbocycles. The molecule has 6 heteroatoms. The second-order valence-electron chi connectivity index (χ2n) is 10.4. The van der Waals surface area contributed by atoms with Crippen LogP contribution in [0.15, 0.2) is 42.7 Å². The molecule has 5 rings (SSSR count). The lowest BCUT2D eigenvalue weighted by Gasteiger charge is -2.57. The van der Waals surface area contributed by atoms with Gasteiger partial charge < -0.3 is 15.1 Å². The van der Waals surface area contributed by atoms with Crippen molar-refractivity contribution in [3.63, 3.8) is 0 Å². The second kappa shape index (κ2) is 8.41. The van der Waals surface area contributed by atoms with E-state index in [1.807, 2.05) is 17.0 Å². The monoisotopic (exact) mass is 449 g/mol. The van der Waals surface area contributed by atoms with Crippen molar-refractivity contribution in [1.82, 2.24) is 14.8 Å². The van der Waals surface area contributed by atoms with Crippen LogP contribution in [0.3, 0.4) is 0 Å². The van der Waals surface area contributed by atoms with Crippen LogP contribution in [0.4, 0.5) is 0 Å². The normalized spacial score (nSPS) is 30.5. The van der Waals surface area contributed by atoms with E-state index in [9.17, 15) is 15.0 Å². The van der Waals surface area contributed by atoms with Crippen LogP contribution in [0.5, 0.6) is 5.75 Å². The first-order valence-electron chi connectivity index (χ1n) is 12.3. The fourth-order valence-corrected chi connectivity index (χ4v) is 6.36. The van der Waals surface area contributed by atoms with Gasteiger partial charge in [0.25, 0.3) is 5.91 Å². The highest BCUT2D eigenvalue weighted by atomic mass is 16.3. The predicted molar refractivity (Wildman–Crippen MR) is 127 cm³/mol. The maximum atomic E-state index is 13.3. The van der Waals surface area contributed by atoms with Crippen LogP contribution < -0.4 is 0 Å². The van der Waals surface area contributed by atoms with E-state index in [1.165, 1.54) is 12.8 Å². The number of aryl methyl sites for hydroxylation is 1. The molecule has 0 bridgehead atoms. The Kier molecular flexibility index (Phi) is 5.69. The van der Waals surface area contributed by atoms with E-state index in [4.69, 9.17) is 0 Å². The van der Waals surface area contributed by atoms with Crippen molar-refractivity contribution in [3.05, 3.63) is 59.4 Å². The summed E-state index contributed by atoms with van der Waals surface area (Å²) in [6.07, 6.45) is 7.85. The van der Waals surface area contributed by atoms with E-state index in [2.05, 4.69) is 23.7 Å². The topological polar surface area (TPSA) is 76.9 Å². The van der Waals surface area contributed by atoms with E-state index in [-0.39, 0.29) is 17.7 Å². The molecule has 0 spiro atoms. The van der Waals surface area contributed by atoms with Crippen molar-refractivity contribution < 1.29 is 15.0 Å². The van der Waals surface area contributed by atoms with Gasteiger partial charge in [-0.3, -0.25) is 14.7 Å². The number of phenolic OH excluding ortho intramolecular Hbond substituents is 1. The Morgan fingerprint density at radius 1 is 1.15 bits per heavy atom. The van der Waals surface area contributed by atoms with Crippen molar-refractivity contribution in [3.8, 4) is 5.75 Å². The van der Waals surface area contributed by atoms with Crippen molar-refractivity contribution in [2.45, 2.75) is 63.0 Å². The van der Waals surface area contributed by atoms with E-state index < -0.39 is 11.0 Å². The Bertz CT molecular complexity index is 1020. The number of rotatable bonds is 4. The highest BCUT2D eigenvalue weighted by molar-refractivity contribution is 5.93. The summed E-state index contributed by atoms with van der Waals surface area (Å²) in [4.78, 5) is 21.7. The first-order valence-corrected chi connectivity index (χ1v) is 12.3. The lowest BCUT2D eigenvalue weighted by molar-refractivity contribution is -0.136. The molecular formula is C27H35N3O3. The summed E-state index contributed by atoms with van der Waals surface area (Å²) in [5, 5.41) is 22.9. The number of likely N-dealkylation sites (tertiary alicyclic amines) is 2. The third kappa shape index (κ3) is 3.83. The highest BCUT2D eigenvalue weighted by Crippen LogP contribution is 2.53. The van der Waals surface area contributed by atoms with Crippen LogP contribution in [0.2, 0.25) is 0 Å². The van der Waals surface area contributed by atoms with E-state index in [0.29, 0.717) is 31.5 Å². The minimum absolute atomic E-state index is 0.0259. The molecule has 3 fully saturated rings. The molecule has 6 nitrogen and oxygen atoms in total. The van der Waals surface area contributed by atoms with Crippen LogP contribution in [0.25, 0.3) is 0 Å². The van der Waals surface area contributed by atoms with Gasteiger partial charge in [0, 0.05) is 43.5 Å². The number of fused-ring (bicyclic) bond motifs is 1. The van der Waals surface area contributed by atoms with Gasteiger partial charge in [0.2, 0.25) is 0 Å². The Balaban J connectivity index is 1.54. The number of aromatic nitrogens is 1. The maximum absolute atomic E-state index is 13.3. The van der Waals surface area contributed by atoms with Crippen LogP contribution in [-0.4, -0.2) is 68.7 Å². The highest BCUT2D eigenvalue weighted by Gasteiger charge is 2.59. The maximum Gasteiger partial charge on any atom is 0.255 e. The molecule has 33 heavy (non-hydrogen) atoms. The summed E-state index contributed by atoms with van der Waals surface area (Å²) in [7, 11) is 0. The molecule has 3 unspecified atom stereocenters. The summed E-state index contributed by atoms with van der Waals surface area (Å²) in [5.41, 5.74) is 1.18. The number of benzene rings is 1. The fraction of sp³-hybridized carbons (Fsp3) is 0.556. The summed E-state index contributed by atoms with van der Waals surface area (Å²) in [5.74, 6) is 0.948. The lowest BCUT2D eigenvalue weighted by atomic mass is 9.57. The number of aromatic hydroxyl groups is 1. The quantitative estimate of drug-likeness (QED) is 0.747. The molecule has 1 amide bonds. The van der Waals surface area contributed by atoms with Gasteiger partial charge in [-0.15, -0.1) is 0 Å². The van der Waals surface area contributed by atoms with Gasteiger partial charge in [-0.2, -0.15) is 0 Å². The van der Waals surface area contributed by atoms with Gasteiger partial charge in [-0.25, -0.2) is 0 Å². The molecule has 176 valence electrons. The number of nitrogens with zero attached hydrogens (tertiary/aromatic N) is 3. The van der Waals surface area contributed by atoms with Gasteiger partial charge in [-0.05, 0) is 93.8 Å². The van der Waals surface area contributed by atoms with Crippen molar-refractivity contribution in [1.29, 1.82) is 0 Å². The predicted octanol–water partition coefficient (Wildman–Crippen LogP) is 3.50. The molecule has 2 N–H and O–H groups in total. The van der Waals surface area contributed by atoms with E-state index in [1.54, 1.807) is 30.6 Å². The lowest BCUT2D eigenvalue weighted by Crippen LogP contribution is -2.68. The molecule has 1 aliphatic carbocycles. The van der Waals surface area contributed by atoms with Crippen LogP contribution in [0.1, 0.15) is 60.5 Å². The van der Waals surface area contributed by atoms with Gasteiger partial charge >= 0.3 is 0 Å². The minimum Gasteiger partial charge on any atom is -0.508 e. The number of piperidine rings is 1. The Labute approximate surface area is 196 Å². The molecule has 3 aliphatic rings. The molecular weight excluding hydrogens is 414 g/mol. The van der Waals surface area contributed by atoms with Crippen LogP contribution >= 0.6 is 0 Å². The molecule has 2 aromatic rings. The van der Waals surface area contributed by atoms with E-state index in [0.717, 1.165) is 36.6 Å². The molecule has 1 aromatic heterocycles. The number of hydrogen-bond donors (Lipinski definition) is 2. The van der Waals surface area contributed by atoms with Gasteiger partial charge in [0.05, 0.1) is 11.2 Å². The van der Waals surface area contributed by atoms with E-state index >= 15 is 0 Å².